The number of rotatable bonds is 1. The molecule has 0 aromatic heterocycles. The van der Waals surface area contributed by atoms with Gasteiger partial charge in [-0.3, -0.25) is 0 Å². The second-order valence-corrected chi connectivity index (χ2v) is 5.12. The zero-order valence-corrected chi connectivity index (χ0v) is 8.04. The second-order valence-electron chi connectivity index (χ2n) is 3.50. The van der Waals surface area contributed by atoms with Crippen molar-refractivity contribution in [1.29, 1.82) is 0 Å². The molecule has 84 valence electrons. The van der Waals surface area contributed by atoms with Crippen molar-refractivity contribution in [1.82, 2.24) is 0 Å². The third-order valence-electron chi connectivity index (χ3n) is 2.49. The Hall–Kier alpha value is -0.330. The average Bonchev–Trinajstić information content (AvgIpc) is 2.01. The summed E-state index contributed by atoms with van der Waals surface area (Å²) in [6.45, 7) is 0. The van der Waals surface area contributed by atoms with Crippen LogP contribution in [0.2, 0.25) is 0 Å². The quantitative estimate of drug-likeness (QED) is 0.515. The summed E-state index contributed by atoms with van der Waals surface area (Å²) in [6, 6.07) is 0. The van der Waals surface area contributed by atoms with E-state index < -0.39 is 34.0 Å². The lowest BCUT2D eigenvalue weighted by Crippen LogP contribution is -2.33. The van der Waals surface area contributed by atoms with Crippen molar-refractivity contribution in [2.45, 2.75) is 37.1 Å². The first-order valence-electron chi connectivity index (χ1n) is 4.21. The number of halogens is 4. The van der Waals surface area contributed by atoms with Crippen molar-refractivity contribution in [3.63, 3.8) is 0 Å². The molecule has 1 aliphatic rings. The SMILES string of the molecule is O=S(=O)(F)C1CCCC(C(F)(F)F)C1. The zero-order valence-electron chi connectivity index (χ0n) is 7.22. The standard InChI is InChI=1S/C7H10F4O2S/c8-7(9,10)5-2-1-3-6(4-5)14(11,12)13/h5-6H,1-4H2. The van der Waals surface area contributed by atoms with E-state index >= 15 is 0 Å². The minimum Gasteiger partial charge on any atom is -0.195 e. The third-order valence-corrected chi connectivity index (χ3v) is 3.71. The summed E-state index contributed by atoms with van der Waals surface area (Å²) in [5, 5.41) is -1.47. The lowest BCUT2D eigenvalue weighted by Gasteiger charge is -2.28. The summed E-state index contributed by atoms with van der Waals surface area (Å²) in [5.41, 5.74) is 0. The van der Waals surface area contributed by atoms with Crippen LogP contribution in [0.1, 0.15) is 25.7 Å². The first-order chi connectivity index (χ1) is 6.21. The fraction of sp³-hybridized carbons (Fsp3) is 1.00. The maximum Gasteiger partial charge on any atom is 0.391 e. The van der Waals surface area contributed by atoms with Crippen molar-refractivity contribution in [3.8, 4) is 0 Å². The molecule has 1 rings (SSSR count). The summed E-state index contributed by atoms with van der Waals surface area (Å²) in [5.74, 6) is -1.67. The van der Waals surface area contributed by atoms with Gasteiger partial charge >= 0.3 is 16.4 Å². The van der Waals surface area contributed by atoms with Gasteiger partial charge < -0.3 is 0 Å². The molecule has 0 aromatic carbocycles. The Labute approximate surface area is 79.5 Å². The van der Waals surface area contributed by atoms with Gasteiger partial charge in [0, 0.05) is 0 Å². The van der Waals surface area contributed by atoms with Crippen molar-refractivity contribution >= 4 is 10.2 Å². The molecule has 1 saturated carbocycles. The minimum atomic E-state index is -4.82. The van der Waals surface area contributed by atoms with Gasteiger partial charge in [0.15, 0.2) is 0 Å². The van der Waals surface area contributed by atoms with Crippen LogP contribution in [0.5, 0.6) is 0 Å². The van der Waals surface area contributed by atoms with Gasteiger partial charge in [-0.25, -0.2) is 0 Å². The molecule has 2 nitrogen and oxygen atoms in total. The van der Waals surface area contributed by atoms with Crippen molar-refractivity contribution in [3.05, 3.63) is 0 Å². The van der Waals surface area contributed by atoms with E-state index in [0.717, 1.165) is 0 Å². The van der Waals surface area contributed by atoms with Gasteiger partial charge in [-0.15, -0.1) is 3.89 Å². The molecule has 0 spiro atoms. The van der Waals surface area contributed by atoms with Crippen LogP contribution in [0.15, 0.2) is 0 Å². The predicted molar refractivity (Wildman–Crippen MR) is 41.8 cm³/mol. The van der Waals surface area contributed by atoms with Crippen LogP contribution in [0.3, 0.4) is 0 Å². The molecule has 0 amide bonds. The molecule has 0 radical (unpaired) electrons. The van der Waals surface area contributed by atoms with Crippen LogP contribution >= 0.6 is 0 Å². The Morgan fingerprint density at radius 2 is 1.71 bits per heavy atom. The molecule has 0 saturated heterocycles. The molecule has 1 aliphatic carbocycles. The number of hydrogen-bond acceptors (Lipinski definition) is 2. The molecule has 2 atom stereocenters. The predicted octanol–water partition coefficient (Wildman–Crippen LogP) is 2.41. The fourth-order valence-corrected chi connectivity index (χ4v) is 2.61. The maximum atomic E-state index is 12.4. The van der Waals surface area contributed by atoms with Crippen LogP contribution in [-0.4, -0.2) is 19.8 Å². The Kier molecular flexibility index (Phi) is 3.08. The third kappa shape index (κ3) is 2.83. The summed E-state index contributed by atoms with van der Waals surface area (Å²) in [4.78, 5) is 0. The summed E-state index contributed by atoms with van der Waals surface area (Å²) < 4.78 is 69.8. The summed E-state index contributed by atoms with van der Waals surface area (Å²) in [6.07, 6.45) is -5.05. The van der Waals surface area contributed by atoms with E-state index in [1.54, 1.807) is 0 Å². The van der Waals surface area contributed by atoms with E-state index in [1.165, 1.54) is 0 Å². The molecular formula is C7H10F4O2S. The number of hydrogen-bond donors (Lipinski definition) is 0. The normalized spacial score (nSPS) is 30.3. The summed E-state index contributed by atoms with van der Waals surface area (Å²) >= 11 is 0. The molecule has 14 heavy (non-hydrogen) atoms. The first-order valence-corrected chi connectivity index (χ1v) is 5.66. The number of alkyl halides is 3. The highest BCUT2D eigenvalue weighted by atomic mass is 32.3. The van der Waals surface area contributed by atoms with Crippen LogP contribution in [0, 0.1) is 5.92 Å². The summed E-state index contributed by atoms with van der Waals surface area (Å²) in [7, 11) is -4.82. The van der Waals surface area contributed by atoms with E-state index in [-0.39, 0.29) is 19.3 Å². The van der Waals surface area contributed by atoms with Crippen LogP contribution < -0.4 is 0 Å². The largest absolute Gasteiger partial charge is 0.391 e. The van der Waals surface area contributed by atoms with Gasteiger partial charge in [0.1, 0.15) is 0 Å². The monoisotopic (exact) mass is 234 g/mol. The molecule has 0 heterocycles. The topological polar surface area (TPSA) is 34.1 Å². The lowest BCUT2D eigenvalue weighted by atomic mass is 9.88. The molecule has 2 unspecified atom stereocenters. The van der Waals surface area contributed by atoms with Gasteiger partial charge in [-0.1, -0.05) is 6.42 Å². The molecule has 0 bridgehead atoms. The van der Waals surface area contributed by atoms with Gasteiger partial charge in [0.05, 0.1) is 11.2 Å². The van der Waals surface area contributed by atoms with Crippen LogP contribution in [-0.2, 0) is 10.2 Å². The lowest BCUT2D eigenvalue weighted by molar-refractivity contribution is -0.181. The maximum absolute atomic E-state index is 12.4. The highest BCUT2D eigenvalue weighted by Crippen LogP contribution is 2.39. The van der Waals surface area contributed by atoms with Crippen molar-refractivity contribution < 1.29 is 25.5 Å². The second kappa shape index (κ2) is 3.67. The van der Waals surface area contributed by atoms with E-state index in [4.69, 9.17) is 0 Å². The molecule has 0 aliphatic heterocycles. The highest BCUT2D eigenvalue weighted by Gasteiger charge is 2.45. The van der Waals surface area contributed by atoms with Gasteiger partial charge in [0.25, 0.3) is 0 Å². The Morgan fingerprint density at radius 1 is 1.14 bits per heavy atom. The van der Waals surface area contributed by atoms with Crippen LogP contribution in [0.4, 0.5) is 17.1 Å². The van der Waals surface area contributed by atoms with Gasteiger partial charge in [-0.2, -0.15) is 21.6 Å². The molecule has 0 N–H and O–H groups in total. The Bertz CT molecular complexity index is 295. The van der Waals surface area contributed by atoms with Gasteiger partial charge in [0.2, 0.25) is 0 Å². The smallest absolute Gasteiger partial charge is 0.195 e. The van der Waals surface area contributed by atoms with E-state index in [0.29, 0.717) is 0 Å². The molecule has 7 heteroatoms. The molecular weight excluding hydrogens is 224 g/mol. The Balaban J connectivity index is 2.71. The zero-order chi connectivity index (χ0) is 11.0. The molecule has 0 aromatic rings. The highest BCUT2D eigenvalue weighted by molar-refractivity contribution is 7.87. The van der Waals surface area contributed by atoms with Crippen LogP contribution in [0.25, 0.3) is 0 Å². The average molecular weight is 234 g/mol. The van der Waals surface area contributed by atoms with E-state index in [1.807, 2.05) is 0 Å². The first kappa shape index (κ1) is 11.7. The van der Waals surface area contributed by atoms with Gasteiger partial charge in [-0.05, 0) is 19.3 Å². The minimum absolute atomic E-state index is 0.00852. The van der Waals surface area contributed by atoms with E-state index in [2.05, 4.69) is 0 Å². The van der Waals surface area contributed by atoms with Crippen molar-refractivity contribution in [2.24, 2.45) is 5.92 Å². The molecule has 1 fully saturated rings. The fourth-order valence-electron chi connectivity index (χ4n) is 1.70. The Morgan fingerprint density at radius 3 is 2.14 bits per heavy atom. The van der Waals surface area contributed by atoms with Crippen molar-refractivity contribution in [2.75, 3.05) is 0 Å². The van der Waals surface area contributed by atoms with E-state index in [9.17, 15) is 25.5 Å².